The predicted molar refractivity (Wildman–Crippen MR) is 67.8 cm³/mol. The van der Waals surface area contributed by atoms with Gasteiger partial charge in [0.2, 0.25) is 0 Å². The lowest BCUT2D eigenvalue weighted by molar-refractivity contribution is 0.479. The maximum Gasteiger partial charge on any atom is 0.148 e. The van der Waals surface area contributed by atoms with Gasteiger partial charge in [-0.15, -0.1) is 0 Å². The zero-order valence-corrected chi connectivity index (χ0v) is 10.6. The summed E-state index contributed by atoms with van der Waals surface area (Å²) in [6.45, 7) is 5.08. The fourth-order valence-corrected chi connectivity index (χ4v) is 1.62. The molecule has 5 heteroatoms. The first-order valence-corrected chi connectivity index (χ1v) is 5.95. The average molecular weight is 233 g/mol. The zero-order valence-electron chi connectivity index (χ0n) is 10.6. The summed E-state index contributed by atoms with van der Waals surface area (Å²) in [6.07, 6.45) is 6.96. The summed E-state index contributed by atoms with van der Waals surface area (Å²) in [5.74, 6) is 0.911. The molecule has 0 aliphatic rings. The number of anilines is 1. The number of nitrogens with one attached hydrogen (secondary N) is 1. The van der Waals surface area contributed by atoms with E-state index in [4.69, 9.17) is 0 Å². The number of aryl methyl sites for hydroxylation is 1. The molecule has 92 valence electrons. The Morgan fingerprint density at radius 3 is 2.94 bits per heavy atom. The lowest BCUT2D eigenvalue weighted by atomic mass is 10.3. The van der Waals surface area contributed by atoms with Crippen LogP contribution >= 0.6 is 0 Å². The standard InChI is InChI=1S/C12H19N5/c1-4-10(2)17-6-5-12(15-17)13-7-11-8-14-16(3)9-11/h5-6,8-10H,4,7H2,1-3H3,(H,13,15). The van der Waals surface area contributed by atoms with Crippen molar-refractivity contribution in [2.24, 2.45) is 7.05 Å². The second-order valence-electron chi connectivity index (χ2n) is 4.31. The van der Waals surface area contributed by atoms with Crippen LogP contribution in [0.3, 0.4) is 0 Å². The predicted octanol–water partition coefficient (Wildman–Crippen LogP) is 2.20. The molecule has 2 aromatic rings. The molecule has 1 unspecified atom stereocenters. The van der Waals surface area contributed by atoms with E-state index in [1.165, 1.54) is 0 Å². The molecule has 0 spiro atoms. The summed E-state index contributed by atoms with van der Waals surface area (Å²) in [6, 6.07) is 2.45. The van der Waals surface area contributed by atoms with Gasteiger partial charge >= 0.3 is 0 Å². The molecule has 5 nitrogen and oxygen atoms in total. The zero-order chi connectivity index (χ0) is 12.3. The molecule has 2 aromatic heterocycles. The summed E-state index contributed by atoms with van der Waals surface area (Å²) < 4.78 is 3.79. The first-order valence-electron chi connectivity index (χ1n) is 5.95. The Morgan fingerprint density at radius 1 is 1.47 bits per heavy atom. The second-order valence-corrected chi connectivity index (χ2v) is 4.31. The lowest BCUT2D eigenvalue weighted by Crippen LogP contribution is -2.06. The summed E-state index contributed by atoms with van der Waals surface area (Å²) in [5, 5.41) is 11.9. The lowest BCUT2D eigenvalue weighted by Gasteiger charge is -2.08. The highest BCUT2D eigenvalue weighted by Gasteiger charge is 2.04. The number of hydrogen-bond acceptors (Lipinski definition) is 3. The van der Waals surface area contributed by atoms with Gasteiger partial charge in [-0.05, 0) is 13.3 Å². The highest BCUT2D eigenvalue weighted by Crippen LogP contribution is 2.12. The van der Waals surface area contributed by atoms with Crippen molar-refractivity contribution in [3.05, 3.63) is 30.2 Å². The van der Waals surface area contributed by atoms with Crippen molar-refractivity contribution in [2.45, 2.75) is 32.9 Å². The van der Waals surface area contributed by atoms with Crippen molar-refractivity contribution >= 4 is 5.82 Å². The van der Waals surface area contributed by atoms with Crippen LogP contribution < -0.4 is 5.32 Å². The fraction of sp³-hybridized carbons (Fsp3) is 0.500. The van der Waals surface area contributed by atoms with E-state index in [-0.39, 0.29) is 0 Å². The van der Waals surface area contributed by atoms with Crippen molar-refractivity contribution < 1.29 is 0 Å². The average Bonchev–Trinajstić information content (AvgIpc) is 2.94. The van der Waals surface area contributed by atoms with Gasteiger partial charge in [0.15, 0.2) is 0 Å². The number of aromatic nitrogens is 4. The molecular formula is C12H19N5. The minimum atomic E-state index is 0.448. The molecule has 0 amide bonds. The summed E-state index contributed by atoms with van der Waals surface area (Å²) >= 11 is 0. The van der Waals surface area contributed by atoms with Crippen LogP contribution in [0.25, 0.3) is 0 Å². The largest absolute Gasteiger partial charge is 0.364 e. The molecule has 0 radical (unpaired) electrons. The molecule has 17 heavy (non-hydrogen) atoms. The van der Waals surface area contributed by atoms with Crippen molar-refractivity contribution in [1.82, 2.24) is 19.6 Å². The summed E-state index contributed by atoms with van der Waals surface area (Å²) in [7, 11) is 1.92. The Morgan fingerprint density at radius 2 is 2.29 bits per heavy atom. The Labute approximate surface area is 101 Å². The van der Waals surface area contributed by atoms with Crippen molar-refractivity contribution in [2.75, 3.05) is 5.32 Å². The normalized spacial score (nSPS) is 12.6. The molecule has 0 aliphatic carbocycles. The van der Waals surface area contributed by atoms with Crippen LogP contribution in [0.15, 0.2) is 24.7 Å². The molecule has 0 bridgehead atoms. The van der Waals surface area contributed by atoms with Gasteiger partial charge in [-0.3, -0.25) is 9.36 Å². The van der Waals surface area contributed by atoms with Gasteiger partial charge in [-0.1, -0.05) is 6.92 Å². The van der Waals surface area contributed by atoms with Gasteiger partial charge in [0, 0.05) is 43.7 Å². The van der Waals surface area contributed by atoms with Crippen LogP contribution in [0.2, 0.25) is 0 Å². The van der Waals surface area contributed by atoms with Gasteiger partial charge in [-0.25, -0.2) is 0 Å². The van der Waals surface area contributed by atoms with E-state index in [0.29, 0.717) is 6.04 Å². The molecular weight excluding hydrogens is 214 g/mol. The molecule has 0 saturated heterocycles. The van der Waals surface area contributed by atoms with Crippen LogP contribution in [0, 0.1) is 0 Å². The molecule has 0 aromatic carbocycles. The molecule has 0 saturated carbocycles. The van der Waals surface area contributed by atoms with E-state index in [9.17, 15) is 0 Å². The summed E-state index contributed by atoms with van der Waals surface area (Å²) in [5.41, 5.74) is 1.16. The summed E-state index contributed by atoms with van der Waals surface area (Å²) in [4.78, 5) is 0. The monoisotopic (exact) mass is 233 g/mol. The number of nitrogens with zero attached hydrogens (tertiary/aromatic N) is 4. The maximum absolute atomic E-state index is 4.48. The van der Waals surface area contributed by atoms with Gasteiger partial charge in [0.1, 0.15) is 5.82 Å². The topological polar surface area (TPSA) is 47.7 Å². The number of rotatable bonds is 5. The molecule has 2 heterocycles. The van der Waals surface area contributed by atoms with Crippen molar-refractivity contribution in [3.63, 3.8) is 0 Å². The Bertz CT molecular complexity index is 471. The number of hydrogen-bond donors (Lipinski definition) is 1. The van der Waals surface area contributed by atoms with Crippen LogP contribution in [0.5, 0.6) is 0 Å². The molecule has 0 fully saturated rings. The first-order chi connectivity index (χ1) is 8.19. The van der Waals surface area contributed by atoms with Gasteiger partial charge in [0.25, 0.3) is 0 Å². The first kappa shape index (κ1) is 11.7. The van der Waals surface area contributed by atoms with E-state index in [2.05, 4.69) is 29.4 Å². The van der Waals surface area contributed by atoms with Crippen LogP contribution in [-0.4, -0.2) is 19.6 Å². The molecule has 1 atom stereocenters. The van der Waals surface area contributed by atoms with Crippen LogP contribution in [-0.2, 0) is 13.6 Å². The Kier molecular flexibility index (Phi) is 3.46. The van der Waals surface area contributed by atoms with Crippen molar-refractivity contribution in [1.29, 1.82) is 0 Å². The second kappa shape index (κ2) is 5.03. The van der Waals surface area contributed by atoms with Crippen LogP contribution in [0.4, 0.5) is 5.82 Å². The smallest absolute Gasteiger partial charge is 0.148 e. The van der Waals surface area contributed by atoms with Gasteiger partial charge in [0.05, 0.1) is 6.20 Å². The van der Waals surface area contributed by atoms with Gasteiger partial charge < -0.3 is 5.32 Å². The quantitative estimate of drug-likeness (QED) is 0.861. The molecule has 1 N–H and O–H groups in total. The maximum atomic E-state index is 4.48. The molecule has 2 rings (SSSR count). The van der Waals surface area contributed by atoms with Crippen LogP contribution in [0.1, 0.15) is 31.9 Å². The highest BCUT2D eigenvalue weighted by atomic mass is 15.3. The third-order valence-electron chi connectivity index (χ3n) is 2.88. The SMILES string of the molecule is CCC(C)n1ccc(NCc2cnn(C)c2)n1. The van der Waals surface area contributed by atoms with E-state index >= 15 is 0 Å². The minimum Gasteiger partial charge on any atom is -0.364 e. The molecule has 0 aliphatic heterocycles. The Balaban J connectivity index is 1.93. The van der Waals surface area contributed by atoms with E-state index in [1.54, 1.807) is 4.68 Å². The third kappa shape index (κ3) is 2.87. The van der Waals surface area contributed by atoms with E-state index in [0.717, 1.165) is 24.3 Å². The third-order valence-corrected chi connectivity index (χ3v) is 2.88. The van der Waals surface area contributed by atoms with E-state index < -0.39 is 0 Å². The van der Waals surface area contributed by atoms with Crippen molar-refractivity contribution in [3.8, 4) is 0 Å². The highest BCUT2D eigenvalue weighted by molar-refractivity contribution is 5.33. The Hall–Kier alpha value is -1.78. The van der Waals surface area contributed by atoms with E-state index in [1.807, 2.05) is 36.4 Å². The van der Waals surface area contributed by atoms with Gasteiger partial charge in [-0.2, -0.15) is 10.2 Å². The minimum absolute atomic E-state index is 0.448. The fourth-order valence-electron chi connectivity index (χ4n) is 1.62.